The van der Waals surface area contributed by atoms with Gasteiger partial charge in [0.15, 0.2) is 6.29 Å². The molecule has 1 aromatic rings. The highest BCUT2D eigenvalue weighted by Crippen LogP contribution is 2.37. The maximum absolute atomic E-state index is 10.9. The molecule has 0 bridgehead atoms. The zero-order chi connectivity index (χ0) is 19.0. The zero-order valence-corrected chi connectivity index (χ0v) is 19.3. The number of hydrogen-bond donors (Lipinski definition) is 1. The van der Waals surface area contributed by atoms with Crippen LogP contribution in [0.25, 0.3) is 0 Å². The number of phenolic OH excluding ortho intramolecular Hbond substituents is 1. The van der Waals surface area contributed by atoms with Gasteiger partial charge >= 0.3 is 0 Å². The van der Waals surface area contributed by atoms with E-state index in [1.54, 1.807) is 0 Å². The summed E-state index contributed by atoms with van der Waals surface area (Å²) < 4.78 is 13.0. The molecule has 1 unspecified atom stereocenters. The standard InChI is InChI=1S/C20H36O3Si2/c1-9-24(8,10-2)17-14-16-18(13-15(17)21)25(11-3,12-4)23-19(22-16)20(5,6)7/h13-14,19,21H,9-12H2,1-8H3. The second-order valence-electron chi connectivity index (χ2n) is 8.77. The molecule has 2 rings (SSSR count). The molecular formula is C20H36O3Si2. The average molecular weight is 381 g/mol. The van der Waals surface area contributed by atoms with E-state index in [1.807, 2.05) is 6.07 Å². The first-order chi connectivity index (χ1) is 11.6. The average Bonchev–Trinajstić information content (AvgIpc) is 2.59. The van der Waals surface area contributed by atoms with Crippen LogP contribution in [0.15, 0.2) is 12.1 Å². The lowest BCUT2D eigenvalue weighted by atomic mass is 9.96. The van der Waals surface area contributed by atoms with Gasteiger partial charge in [-0.05, 0) is 29.4 Å². The van der Waals surface area contributed by atoms with Gasteiger partial charge in [0.25, 0.3) is 0 Å². The molecule has 0 amide bonds. The van der Waals surface area contributed by atoms with Crippen LogP contribution in [0.5, 0.6) is 11.5 Å². The predicted molar refractivity (Wildman–Crippen MR) is 112 cm³/mol. The number of fused-ring (bicyclic) bond motifs is 1. The Morgan fingerprint density at radius 2 is 1.64 bits per heavy atom. The summed E-state index contributed by atoms with van der Waals surface area (Å²) in [7, 11) is -3.79. The smallest absolute Gasteiger partial charge is 0.232 e. The summed E-state index contributed by atoms with van der Waals surface area (Å²) in [6.45, 7) is 17.8. The van der Waals surface area contributed by atoms with E-state index in [-0.39, 0.29) is 11.7 Å². The van der Waals surface area contributed by atoms with Crippen molar-refractivity contribution < 1.29 is 14.3 Å². The second-order valence-corrected chi connectivity index (χ2v) is 18.0. The summed E-state index contributed by atoms with van der Waals surface area (Å²) in [6.07, 6.45) is -0.222. The lowest BCUT2D eigenvalue weighted by molar-refractivity contribution is -0.0849. The first kappa shape index (κ1) is 20.5. The summed E-state index contributed by atoms with van der Waals surface area (Å²) >= 11 is 0. The Balaban J connectivity index is 2.66. The first-order valence-electron chi connectivity index (χ1n) is 9.79. The molecule has 0 aromatic heterocycles. The fourth-order valence-corrected chi connectivity index (χ4v) is 9.64. The molecule has 5 heteroatoms. The Morgan fingerprint density at radius 1 is 1.08 bits per heavy atom. The third-order valence-corrected chi connectivity index (χ3v) is 15.4. The Kier molecular flexibility index (Phi) is 5.82. The molecule has 1 aliphatic heterocycles. The maximum Gasteiger partial charge on any atom is 0.232 e. The number of rotatable bonds is 5. The monoisotopic (exact) mass is 380 g/mol. The van der Waals surface area contributed by atoms with Crippen LogP contribution in [0.4, 0.5) is 0 Å². The van der Waals surface area contributed by atoms with E-state index in [4.69, 9.17) is 9.16 Å². The van der Waals surface area contributed by atoms with Crippen molar-refractivity contribution in [3.05, 3.63) is 12.1 Å². The molecule has 0 radical (unpaired) electrons. The van der Waals surface area contributed by atoms with Gasteiger partial charge in [0.2, 0.25) is 8.32 Å². The molecule has 1 aromatic carbocycles. The highest BCUT2D eigenvalue weighted by atomic mass is 28.4. The molecule has 1 atom stereocenters. The van der Waals surface area contributed by atoms with Gasteiger partial charge in [-0.25, -0.2) is 0 Å². The minimum Gasteiger partial charge on any atom is -0.508 e. The third-order valence-electron chi connectivity index (χ3n) is 6.22. The van der Waals surface area contributed by atoms with Crippen LogP contribution >= 0.6 is 0 Å². The largest absolute Gasteiger partial charge is 0.508 e. The van der Waals surface area contributed by atoms with Crippen LogP contribution in [0, 0.1) is 5.41 Å². The van der Waals surface area contributed by atoms with Crippen LogP contribution in [-0.4, -0.2) is 27.8 Å². The Labute approximate surface area is 155 Å². The highest BCUT2D eigenvalue weighted by molar-refractivity contribution is 6.92. The third kappa shape index (κ3) is 3.55. The lowest BCUT2D eigenvalue weighted by Gasteiger charge is -2.45. The Morgan fingerprint density at radius 3 is 2.08 bits per heavy atom. The molecular weight excluding hydrogens is 344 g/mol. The number of phenols is 1. The summed E-state index contributed by atoms with van der Waals surface area (Å²) in [4.78, 5) is 0. The molecule has 0 spiro atoms. The molecule has 0 saturated carbocycles. The fraction of sp³-hybridized carbons (Fsp3) is 0.700. The molecule has 0 saturated heterocycles. The summed E-state index contributed by atoms with van der Waals surface area (Å²) in [5.41, 5.74) is -0.0748. The van der Waals surface area contributed by atoms with Gasteiger partial charge in [0.05, 0.1) is 8.07 Å². The minimum absolute atomic E-state index is 0.0748. The van der Waals surface area contributed by atoms with Crippen molar-refractivity contribution in [2.45, 2.75) is 85.5 Å². The number of aromatic hydroxyl groups is 1. The van der Waals surface area contributed by atoms with Gasteiger partial charge in [0.1, 0.15) is 11.5 Å². The van der Waals surface area contributed by atoms with Crippen molar-refractivity contribution in [3.8, 4) is 11.5 Å². The number of ether oxygens (including phenoxy) is 1. The van der Waals surface area contributed by atoms with Gasteiger partial charge in [-0.3, -0.25) is 0 Å². The van der Waals surface area contributed by atoms with Crippen LogP contribution in [0.2, 0.25) is 30.7 Å². The van der Waals surface area contributed by atoms with Crippen molar-refractivity contribution >= 4 is 26.8 Å². The van der Waals surface area contributed by atoms with Gasteiger partial charge < -0.3 is 14.3 Å². The van der Waals surface area contributed by atoms with Crippen molar-refractivity contribution in [2.24, 2.45) is 5.41 Å². The molecule has 1 heterocycles. The molecule has 0 aliphatic carbocycles. The van der Waals surface area contributed by atoms with Crippen LogP contribution in [-0.2, 0) is 4.43 Å². The van der Waals surface area contributed by atoms with Crippen LogP contribution in [0.3, 0.4) is 0 Å². The quantitative estimate of drug-likeness (QED) is 0.753. The Bertz CT molecular complexity index is 614. The van der Waals surface area contributed by atoms with E-state index < -0.39 is 16.4 Å². The molecule has 25 heavy (non-hydrogen) atoms. The van der Waals surface area contributed by atoms with Crippen molar-refractivity contribution in [1.82, 2.24) is 0 Å². The summed E-state index contributed by atoms with van der Waals surface area (Å²) in [5, 5.41) is 13.1. The molecule has 1 N–H and O–H groups in total. The van der Waals surface area contributed by atoms with E-state index in [0.29, 0.717) is 5.75 Å². The van der Waals surface area contributed by atoms with E-state index >= 15 is 0 Å². The highest BCUT2D eigenvalue weighted by Gasteiger charge is 2.47. The summed E-state index contributed by atoms with van der Waals surface area (Å²) in [5.74, 6) is 1.42. The normalized spacial score (nSPS) is 20.1. The number of benzene rings is 1. The van der Waals surface area contributed by atoms with E-state index in [9.17, 15) is 5.11 Å². The maximum atomic E-state index is 10.9. The Hall–Kier alpha value is -0.786. The minimum atomic E-state index is -2.13. The van der Waals surface area contributed by atoms with Crippen molar-refractivity contribution in [1.29, 1.82) is 0 Å². The van der Waals surface area contributed by atoms with Crippen LogP contribution in [0.1, 0.15) is 48.5 Å². The van der Waals surface area contributed by atoms with E-state index in [1.165, 1.54) is 0 Å². The first-order valence-corrected chi connectivity index (χ1v) is 15.0. The van der Waals surface area contributed by atoms with Gasteiger partial charge in [-0.15, -0.1) is 0 Å². The molecule has 1 aliphatic rings. The van der Waals surface area contributed by atoms with E-state index in [2.05, 4.69) is 61.1 Å². The zero-order valence-electron chi connectivity index (χ0n) is 17.3. The van der Waals surface area contributed by atoms with Crippen molar-refractivity contribution in [3.63, 3.8) is 0 Å². The van der Waals surface area contributed by atoms with Crippen molar-refractivity contribution in [2.75, 3.05) is 0 Å². The summed E-state index contributed by atoms with van der Waals surface area (Å²) in [6, 6.07) is 8.40. The molecule has 142 valence electrons. The topological polar surface area (TPSA) is 38.7 Å². The van der Waals surface area contributed by atoms with Crippen LogP contribution < -0.4 is 15.1 Å². The molecule has 0 fully saturated rings. The molecule has 3 nitrogen and oxygen atoms in total. The SMILES string of the molecule is CC[Si](C)(CC)c1cc2c(cc1O)[Si](CC)(CC)OC(C(C)(C)C)O2. The van der Waals surface area contributed by atoms with E-state index in [0.717, 1.165) is 40.3 Å². The second kappa shape index (κ2) is 7.08. The van der Waals surface area contributed by atoms with Gasteiger partial charge in [-0.1, -0.05) is 67.1 Å². The lowest BCUT2D eigenvalue weighted by Crippen LogP contribution is -2.60. The van der Waals surface area contributed by atoms with Gasteiger partial charge in [0, 0.05) is 10.6 Å². The number of hydrogen-bond acceptors (Lipinski definition) is 3. The predicted octanol–water partition coefficient (Wildman–Crippen LogP) is 4.69. The van der Waals surface area contributed by atoms with Gasteiger partial charge in [-0.2, -0.15) is 0 Å². The fourth-order valence-electron chi connectivity index (χ4n) is 3.70.